The molecule has 0 N–H and O–H groups in total. The van der Waals surface area contributed by atoms with E-state index < -0.39 is 6.85 Å². The third-order valence-corrected chi connectivity index (χ3v) is 3.40. The van der Waals surface area contributed by atoms with Crippen LogP contribution in [0.4, 0.5) is 0 Å². The number of benzene rings is 1. The summed E-state index contributed by atoms with van der Waals surface area (Å²) in [5.74, 6) is 0.235. The minimum atomic E-state index is -2.38. The van der Waals surface area contributed by atoms with Gasteiger partial charge in [0.25, 0.3) is 0 Å². The fraction of sp³-hybridized carbons (Fsp3) is 0.571. The van der Waals surface area contributed by atoms with Gasteiger partial charge in [0.15, 0.2) is 5.75 Å². The molecule has 0 aliphatic carbocycles. The van der Waals surface area contributed by atoms with Crippen molar-refractivity contribution in [2.45, 2.75) is 53.0 Å². The van der Waals surface area contributed by atoms with Gasteiger partial charge >= 0.3 is 0 Å². The highest BCUT2D eigenvalue weighted by molar-refractivity contribution is 5.58. The summed E-state index contributed by atoms with van der Waals surface area (Å²) >= 11 is 0. The van der Waals surface area contributed by atoms with Gasteiger partial charge in [0, 0.05) is 20.8 Å². The van der Waals surface area contributed by atoms with E-state index >= 15 is 0 Å². The fourth-order valence-corrected chi connectivity index (χ4v) is 2.14. The maximum absolute atomic E-state index is 12.3. The molecule has 0 saturated heterocycles. The Morgan fingerprint density at radius 3 is 2.56 bits per heavy atom. The molecule has 0 saturated carbocycles. The van der Waals surface area contributed by atoms with Crippen molar-refractivity contribution in [3.05, 3.63) is 22.3 Å². The van der Waals surface area contributed by atoms with Gasteiger partial charge in [-0.15, -0.1) is 0 Å². The number of rotatable bonds is 0. The van der Waals surface area contributed by atoms with Crippen LogP contribution in [0, 0.1) is 20.7 Å². The average molecular weight is 222 g/mol. The highest BCUT2D eigenvalue weighted by Crippen LogP contribution is 2.43. The molecule has 1 heterocycles. The molecule has 87 valence electrons. The third-order valence-electron chi connectivity index (χ3n) is 3.40. The topological polar surface area (TPSA) is 29.1 Å². The molecule has 2 heteroatoms. The van der Waals surface area contributed by atoms with Gasteiger partial charge in [0.1, 0.15) is 11.4 Å². The molecule has 1 aromatic carbocycles. The van der Waals surface area contributed by atoms with Crippen molar-refractivity contribution < 1.29 is 14.0 Å². The first-order valence-corrected chi connectivity index (χ1v) is 5.57. The molecule has 0 aromatic heterocycles. The normalized spacial score (nSPS) is 21.4. The zero-order chi connectivity index (χ0) is 14.6. The van der Waals surface area contributed by atoms with E-state index in [0.717, 1.165) is 5.56 Å². The summed E-state index contributed by atoms with van der Waals surface area (Å²) in [4.78, 5) is 0. The molecule has 1 aliphatic heterocycles. The molecule has 0 amide bonds. The molecule has 16 heavy (non-hydrogen) atoms. The minimum Gasteiger partial charge on any atom is -0.487 e. The summed E-state index contributed by atoms with van der Waals surface area (Å²) in [6, 6.07) is 0. The lowest BCUT2D eigenvalue weighted by Gasteiger charge is -2.35. The number of hydrogen-bond donors (Lipinski definition) is 0. The van der Waals surface area contributed by atoms with Crippen LogP contribution in [0.3, 0.4) is 0 Å². The maximum atomic E-state index is 12.3. The van der Waals surface area contributed by atoms with Crippen LogP contribution in [0.25, 0.3) is 0 Å². The van der Waals surface area contributed by atoms with Gasteiger partial charge in [0.05, 0.1) is 0 Å². The van der Waals surface area contributed by atoms with Crippen LogP contribution in [-0.4, -0.2) is 5.60 Å². The van der Waals surface area contributed by atoms with Gasteiger partial charge in [-0.3, -0.25) is 5.11 Å². The third kappa shape index (κ3) is 1.57. The summed E-state index contributed by atoms with van der Waals surface area (Å²) in [6.07, 6.45) is 1.29. The Kier molecular flexibility index (Phi) is 1.70. The van der Waals surface area contributed by atoms with Crippen molar-refractivity contribution in [3.63, 3.8) is 0 Å². The molecule has 2 rings (SSSR count). The van der Waals surface area contributed by atoms with Crippen LogP contribution in [0.15, 0.2) is 0 Å². The predicted molar refractivity (Wildman–Crippen MR) is 63.8 cm³/mol. The molecular formula is C14H19O2. The fourth-order valence-electron chi connectivity index (χ4n) is 2.14. The molecule has 1 aliphatic rings. The number of ether oxygens (including phenoxy) is 1. The Bertz CT molecular complexity index is 531. The van der Waals surface area contributed by atoms with Crippen LogP contribution in [0.5, 0.6) is 11.5 Å². The predicted octanol–water partition coefficient (Wildman–Crippen LogP) is 3.86. The van der Waals surface area contributed by atoms with Gasteiger partial charge in [-0.1, -0.05) is 0 Å². The van der Waals surface area contributed by atoms with E-state index in [4.69, 9.17) is 8.85 Å². The van der Waals surface area contributed by atoms with Crippen LogP contribution in [0.2, 0.25) is 0 Å². The van der Waals surface area contributed by atoms with Crippen molar-refractivity contribution in [3.8, 4) is 11.5 Å². The first-order valence-electron chi connectivity index (χ1n) is 7.07. The lowest BCUT2D eigenvalue weighted by Crippen LogP contribution is -2.33. The Balaban J connectivity index is 2.75. The van der Waals surface area contributed by atoms with Gasteiger partial charge < -0.3 is 4.74 Å². The van der Waals surface area contributed by atoms with E-state index in [-0.39, 0.29) is 16.9 Å². The van der Waals surface area contributed by atoms with Gasteiger partial charge in [0.2, 0.25) is 0 Å². The van der Waals surface area contributed by atoms with Crippen molar-refractivity contribution in [2.24, 2.45) is 0 Å². The van der Waals surface area contributed by atoms with Crippen molar-refractivity contribution in [1.82, 2.24) is 0 Å². The summed E-state index contributed by atoms with van der Waals surface area (Å²) < 4.78 is 28.7. The van der Waals surface area contributed by atoms with E-state index in [1.807, 2.05) is 20.8 Å². The Hall–Kier alpha value is -1.18. The average Bonchev–Trinajstić information content (AvgIpc) is 2.25. The highest BCUT2D eigenvalue weighted by Gasteiger charge is 2.30. The minimum absolute atomic E-state index is 0.0545. The highest BCUT2D eigenvalue weighted by atomic mass is 16.5. The van der Waals surface area contributed by atoms with E-state index in [1.165, 1.54) is 0 Å². The van der Waals surface area contributed by atoms with E-state index in [0.29, 0.717) is 29.7 Å². The van der Waals surface area contributed by atoms with Crippen LogP contribution < -0.4 is 4.74 Å². The molecule has 1 aromatic rings. The zero-order valence-corrected chi connectivity index (χ0v) is 10.2. The zero-order valence-electron chi connectivity index (χ0n) is 13.2. The quantitative estimate of drug-likeness (QED) is 0.655. The molecular weight excluding hydrogens is 200 g/mol. The lowest BCUT2D eigenvalue weighted by atomic mass is 9.88. The Morgan fingerprint density at radius 2 is 1.94 bits per heavy atom. The number of hydrogen-bond acceptors (Lipinski definition) is 1. The molecule has 1 radical (unpaired) electrons. The SMILES string of the molecule is [2H]C([2H])([2H])c1c([O])c(C)c(C)c2c1CCC(C)(C)O2. The second-order valence-electron chi connectivity index (χ2n) is 5.12. The van der Waals surface area contributed by atoms with Crippen molar-refractivity contribution >= 4 is 0 Å². The molecule has 0 bridgehead atoms. The second kappa shape index (κ2) is 3.41. The molecule has 0 unspecified atom stereocenters. The van der Waals surface area contributed by atoms with E-state index in [2.05, 4.69) is 0 Å². The van der Waals surface area contributed by atoms with Gasteiger partial charge in [-0.05, 0) is 53.0 Å². The summed E-state index contributed by atoms with van der Waals surface area (Å²) in [6.45, 7) is 5.05. The molecule has 0 atom stereocenters. The van der Waals surface area contributed by atoms with Crippen LogP contribution >= 0.6 is 0 Å². The number of fused-ring (bicyclic) bond motifs is 1. The molecule has 0 spiro atoms. The monoisotopic (exact) mass is 222 g/mol. The molecule has 2 nitrogen and oxygen atoms in total. The van der Waals surface area contributed by atoms with Crippen molar-refractivity contribution in [1.29, 1.82) is 0 Å². The Morgan fingerprint density at radius 1 is 1.25 bits per heavy atom. The second-order valence-corrected chi connectivity index (χ2v) is 5.12. The molecule has 0 fully saturated rings. The van der Waals surface area contributed by atoms with Crippen LogP contribution in [-0.2, 0) is 11.5 Å². The van der Waals surface area contributed by atoms with Gasteiger partial charge in [-0.2, -0.15) is 0 Å². The van der Waals surface area contributed by atoms with E-state index in [9.17, 15) is 5.11 Å². The standard InChI is InChI=1S/C14H19O2/c1-8-9(2)13-11(10(3)12(8)15)6-7-14(4,5)16-13/h6-7H2,1-5H3/i3D3. The summed E-state index contributed by atoms with van der Waals surface area (Å²) in [7, 11) is 0. The summed E-state index contributed by atoms with van der Waals surface area (Å²) in [5.41, 5.74) is 1.44. The Labute approximate surface area is 101 Å². The van der Waals surface area contributed by atoms with Crippen molar-refractivity contribution in [2.75, 3.05) is 0 Å². The largest absolute Gasteiger partial charge is 0.487 e. The van der Waals surface area contributed by atoms with Gasteiger partial charge in [-0.25, -0.2) is 0 Å². The lowest BCUT2D eigenvalue weighted by molar-refractivity contribution is 0.0830. The first kappa shape index (κ1) is 7.99. The van der Waals surface area contributed by atoms with Crippen LogP contribution in [0.1, 0.15) is 46.6 Å². The first-order chi connectivity index (χ1) is 8.54. The smallest absolute Gasteiger partial charge is 0.185 e. The maximum Gasteiger partial charge on any atom is 0.185 e. The summed E-state index contributed by atoms with van der Waals surface area (Å²) in [5, 5.41) is 12.3. The van der Waals surface area contributed by atoms with E-state index in [1.54, 1.807) is 6.92 Å².